The highest BCUT2D eigenvalue weighted by Crippen LogP contribution is 2.28. The van der Waals surface area contributed by atoms with Gasteiger partial charge in [0.1, 0.15) is 11.6 Å². The molecule has 0 aliphatic heterocycles. The maximum atomic E-state index is 13.1. The van der Waals surface area contributed by atoms with E-state index in [1.807, 2.05) is 6.07 Å². The molecule has 3 aromatic carbocycles. The summed E-state index contributed by atoms with van der Waals surface area (Å²) in [7, 11) is 0. The third kappa shape index (κ3) is 3.19. The smallest absolute Gasteiger partial charge is 0.406 e. The number of halogens is 4. The molecule has 0 fully saturated rings. The Labute approximate surface area is 123 Å². The number of benzene rings is 3. The van der Waals surface area contributed by atoms with Crippen LogP contribution in [0, 0.1) is 5.82 Å². The molecule has 1 nitrogen and oxygen atoms in total. The van der Waals surface area contributed by atoms with E-state index in [1.165, 1.54) is 24.3 Å². The maximum absolute atomic E-state index is 13.1. The van der Waals surface area contributed by atoms with Gasteiger partial charge in [0.05, 0.1) is 0 Å². The van der Waals surface area contributed by atoms with Gasteiger partial charge in [-0.1, -0.05) is 30.3 Å². The maximum Gasteiger partial charge on any atom is 0.573 e. The molecule has 22 heavy (non-hydrogen) atoms. The van der Waals surface area contributed by atoms with Gasteiger partial charge in [-0.2, -0.15) is 0 Å². The second-order valence-corrected chi connectivity index (χ2v) is 4.78. The van der Waals surface area contributed by atoms with E-state index in [4.69, 9.17) is 0 Å². The van der Waals surface area contributed by atoms with Crippen LogP contribution in [0.5, 0.6) is 5.75 Å². The first-order valence-corrected chi connectivity index (χ1v) is 6.46. The molecule has 0 aliphatic rings. The highest BCUT2D eigenvalue weighted by Gasteiger charge is 2.30. The first-order chi connectivity index (χ1) is 10.4. The van der Waals surface area contributed by atoms with Gasteiger partial charge in [-0.05, 0) is 52.2 Å². The Kier molecular flexibility index (Phi) is 3.48. The lowest BCUT2D eigenvalue weighted by atomic mass is 10.0. The van der Waals surface area contributed by atoms with Crippen molar-refractivity contribution in [3.05, 3.63) is 66.5 Å². The Hall–Kier alpha value is -2.56. The van der Waals surface area contributed by atoms with E-state index in [0.29, 0.717) is 0 Å². The Morgan fingerprint density at radius 3 is 1.95 bits per heavy atom. The second-order valence-electron chi connectivity index (χ2n) is 4.78. The zero-order chi connectivity index (χ0) is 15.7. The van der Waals surface area contributed by atoms with Gasteiger partial charge >= 0.3 is 6.36 Å². The van der Waals surface area contributed by atoms with Gasteiger partial charge in [-0.3, -0.25) is 0 Å². The topological polar surface area (TPSA) is 9.23 Å². The lowest BCUT2D eigenvalue weighted by Gasteiger charge is -2.09. The molecule has 0 radical (unpaired) electrons. The Morgan fingerprint density at radius 2 is 1.27 bits per heavy atom. The standard InChI is InChI=1S/C17H10F4O/c18-15-6-3-13-9-12(1-2-14(13)10-15)11-4-7-16(8-5-11)22-17(19,20)21/h1-10H. The number of hydrogen-bond acceptors (Lipinski definition) is 1. The zero-order valence-electron chi connectivity index (χ0n) is 11.2. The van der Waals surface area contributed by atoms with Crippen molar-refractivity contribution in [2.45, 2.75) is 6.36 Å². The minimum absolute atomic E-state index is 0.265. The van der Waals surface area contributed by atoms with Crippen molar-refractivity contribution in [1.82, 2.24) is 0 Å². The molecule has 0 saturated heterocycles. The summed E-state index contributed by atoms with van der Waals surface area (Å²) in [5, 5.41) is 1.62. The minimum atomic E-state index is -4.70. The van der Waals surface area contributed by atoms with E-state index in [9.17, 15) is 17.6 Å². The molecule has 0 N–H and O–H groups in total. The quantitative estimate of drug-likeness (QED) is 0.564. The summed E-state index contributed by atoms with van der Waals surface area (Å²) in [5.41, 5.74) is 1.58. The second kappa shape index (κ2) is 5.33. The predicted molar refractivity (Wildman–Crippen MR) is 76.0 cm³/mol. The van der Waals surface area contributed by atoms with Crippen LogP contribution in [0.15, 0.2) is 60.7 Å². The van der Waals surface area contributed by atoms with E-state index in [2.05, 4.69) is 4.74 Å². The van der Waals surface area contributed by atoms with E-state index in [1.54, 1.807) is 30.3 Å². The third-order valence-corrected chi connectivity index (χ3v) is 3.22. The summed E-state index contributed by atoms with van der Waals surface area (Å²) in [6.07, 6.45) is -4.70. The van der Waals surface area contributed by atoms with Crippen LogP contribution in [-0.4, -0.2) is 6.36 Å². The molecule has 5 heteroatoms. The molecule has 0 heterocycles. The molecule has 112 valence electrons. The third-order valence-electron chi connectivity index (χ3n) is 3.22. The van der Waals surface area contributed by atoms with Gasteiger partial charge in [-0.15, -0.1) is 13.2 Å². The van der Waals surface area contributed by atoms with Gasteiger partial charge in [0.25, 0.3) is 0 Å². The summed E-state index contributed by atoms with van der Waals surface area (Å²) in [5.74, 6) is -0.576. The fraction of sp³-hybridized carbons (Fsp3) is 0.0588. The van der Waals surface area contributed by atoms with E-state index >= 15 is 0 Å². The van der Waals surface area contributed by atoms with E-state index in [-0.39, 0.29) is 11.6 Å². The van der Waals surface area contributed by atoms with Crippen molar-refractivity contribution < 1.29 is 22.3 Å². The summed E-state index contributed by atoms with van der Waals surface area (Å²) >= 11 is 0. The SMILES string of the molecule is Fc1ccc2cc(-c3ccc(OC(F)(F)F)cc3)ccc2c1. The van der Waals surface area contributed by atoms with E-state index < -0.39 is 6.36 Å². The van der Waals surface area contributed by atoms with Crippen molar-refractivity contribution >= 4 is 10.8 Å². The van der Waals surface area contributed by atoms with Gasteiger partial charge in [0, 0.05) is 0 Å². The number of alkyl halides is 3. The monoisotopic (exact) mass is 306 g/mol. The highest BCUT2D eigenvalue weighted by molar-refractivity contribution is 5.87. The fourth-order valence-electron chi connectivity index (χ4n) is 2.25. The number of fused-ring (bicyclic) bond motifs is 1. The molecule has 0 aliphatic carbocycles. The van der Waals surface area contributed by atoms with Crippen molar-refractivity contribution in [1.29, 1.82) is 0 Å². The molecule has 0 spiro atoms. The van der Waals surface area contributed by atoms with Crippen molar-refractivity contribution in [2.24, 2.45) is 0 Å². The first-order valence-electron chi connectivity index (χ1n) is 6.46. The van der Waals surface area contributed by atoms with Crippen molar-refractivity contribution in [3.8, 4) is 16.9 Å². The van der Waals surface area contributed by atoms with Crippen LogP contribution in [0.2, 0.25) is 0 Å². The normalized spacial score (nSPS) is 11.6. The zero-order valence-corrected chi connectivity index (χ0v) is 11.2. The van der Waals surface area contributed by atoms with Crippen LogP contribution in [0.3, 0.4) is 0 Å². The summed E-state index contributed by atoms with van der Waals surface area (Å²) < 4.78 is 53.3. The van der Waals surface area contributed by atoms with Crippen molar-refractivity contribution in [3.63, 3.8) is 0 Å². The van der Waals surface area contributed by atoms with Crippen LogP contribution >= 0.6 is 0 Å². The van der Waals surface area contributed by atoms with Gasteiger partial charge in [0.15, 0.2) is 0 Å². The highest BCUT2D eigenvalue weighted by atomic mass is 19.4. The Bertz CT molecular complexity index is 807. The molecule has 3 aromatic rings. The molecule has 0 aromatic heterocycles. The first kappa shape index (κ1) is 14.4. The van der Waals surface area contributed by atoms with E-state index in [0.717, 1.165) is 21.9 Å². The van der Waals surface area contributed by atoms with Crippen LogP contribution in [0.4, 0.5) is 17.6 Å². The lowest BCUT2D eigenvalue weighted by molar-refractivity contribution is -0.274. The fourth-order valence-corrected chi connectivity index (χ4v) is 2.25. The summed E-state index contributed by atoms with van der Waals surface area (Å²) in [4.78, 5) is 0. The van der Waals surface area contributed by atoms with Gasteiger partial charge in [-0.25, -0.2) is 4.39 Å². The summed E-state index contributed by atoms with van der Waals surface area (Å²) in [6.45, 7) is 0. The number of ether oxygens (including phenoxy) is 1. The Morgan fingerprint density at radius 1 is 0.682 bits per heavy atom. The molecule has 3 rings (SSSR count). The molecular weight excluding hydrogens is 296 g/mol. The lowest BCUT2D eigenvalue weighted by Crippen LogP contribution is -2.16. The number of hydrogen-bond donors (Lipinski definition) is 0. The molecule has 0 saturated carbocycles. The average Bonchev–Trinajstić information content (AvgIpc) is 2.46. The minimum Gasteiger partial charge on any atom is -0.406 e. The molecule has 0 bridgehead atoms. The number of rotatable bonds is 2. The largest absolute Gasteiger partial charge is 0.573 e. The molecule has 0 unspecified atom stereocenters. The molecule has 0 amide bonds. The van der Waals surface area contributed by atoms with Crippen molar-refractivity contribution in [2.75, 3.05) is 0 Å². The van der Waals surface area contributed by atoms with Crippen LogP contribution < -0.4 is 4.74 Å². The predicted octanol–water partition coefficient (Wildman–Crippen LogP) is 5.54. The average molecular weight is 306 g/mol. The van der Waals surface area contributed by atoms with Crippen LogP contribution in [-0.2, 0) is 0 Å². The molecule has 0 atom stereocenters. The van der Waals surface area contributed by atoms with Crippen LogP contribution in [0.1, 0.15) is 0 Å². The van der Waals surface area contributed by atoms with Crippen LogP contribution in [0.25, 0.3) is 21.9 Å². The molecular formula is C17H10F4O. The van der Waals surface area contributed by atoms with Gasteiger partial charge in [0.2, 0.25) is 0 Å². The van der Waals surface area contributed by atoms with Gasteiger partial charge < -0.3 is 4.74 Å². The summed E-state index contributed by atoms with van der Waals surface area (Å²) in [6, 6.07) is 15.5. The Balaban J connectivity index is 1.92.